The molecule has 0 aromatic heterocycles. The minimum Gasteiger partial charge on any atom is -0.392 e. The molecule has 3 heterocycles. The van der Waals surface area contributed by atoms with Crippen LogP contribution in [0.1, 0.15) is 92.9 Å². The number of aliphatic hydroxyl groups excluding tert-OH is 1. The Labute approximate surface area is 192 Å². The van der Waals surface area contributed by atoms with Gasteiger partial charge in [0, 0.05) is 42.3 Å². The zero-order chi connectivity index (χ0) is 22.6. The van der Waals surface area contributed by atoms with E-state index in [4.69, 9.17) is 4.74 Å². The highest BCUT2D eigenvalue weighted by Gasteiger charge is 2.47. The smallest absolute Gasteiger partial charge is 0.0683 e. The molecule has 182 valence electrons. The van der Waals surface area contributed by atoms with Crippen LogP contribution in [0.2, 0.25) is 0 Å². The number of nitrogens with zero attached hydrogens (tertiary/aromatic N) is 3. The third-order valence-corrected chi connectivity index (χ3v) is 8.26. The van der Waals surface area contributed by atoms with E-state index < -0.39 is 0 Å². The number of rotatable bonds is 6. The molecule has 0 saturated carbocycles. The number of hydrogen-bond acceptors (Lipinski definition) is 5. The van der Waals surface area contributed by atoms with Crippen LogP contribution in [0.25, 0.3) is 0 Å². The SMILES string of the molecule is CC(CCC(C)(C)N1C[C@@H](O)CC1C1COCCN1C(C)(C)C)N1CCCCCCC1. The van der Waals surface area contributed by atoms with Gasteiger partial charge in [-0.15, -0.1) is 0 Å². The second kappa shape index (κ2) is 10.8. The van der Waals surface area contributed by atoms with Crippen molar-refractivity contribution in [1.29, 1.82) is 0 Å². The van der Waals surface area contributed by atoms with Crippen LogP contribution < -0.4 is 0 Å². The van der Waals surface area contributed by atoms with Gasteiger partial charge in [-0.2, -0.15) is 0 Å². The van der Waals surface area contributed by atoms with Gasteiger partial charge in [-0.05, 0) is 86.7 Å². The zero-order valence-electron chi connectivity index (χ0n) is 21.4. The molecule has 0 aromatic rings. The van der Waals surface area contributed by atoms with Crippen molar-refractivity contribution in [3.05, 3.63) is 0 Å². The van der Waals surface area contributed by atoms with Crippen molar-refractivity contribution >= 4 is 0 Å². The van der Waals surface area contributed by atoms with Crippen molar-refractivity contribution in [2.75, 3.05) is 39.4 Å². The molecule has 4 atom stereocenters. The molecule has 0 bridgehead atoms. The molecule has 0 aliphatic carbocycles. The number of ether oxygens (including phenoxy) is 1. The summed E-state index contributed by atoms with van der Waals surface area (Å²) < 4.78 is 5.96. The zero-order valence-corrected chi connectivity index (χ0v) is 21.4. The third kappa shape index (κ3) is 6.66. The quantitative estimate of drug-likeness (QED) is 0.676. The molecule has 31 heavy (non-hydrogen) atoms. The van der Waals surface area contributed by atoms with E-state index >= 15 is 0 Å². The second-order valence-electron chi connectivity index (χ2n) is 12.1. The van der Waals surface area contributed by atoms with Crippen molar-refractivity contribution in [2.45, 2.75) is 128 Å². The standard InChI is InChI=1S/C26H51N3O2/c1-21(27-14-10-8-7-9-11-15-27)12-13-26(5,6)29-19-22(30)18-23(29)24-20-31-17-16-28(24)25(2,3)4/h21-24,30H,7-20H2,1-6H3/t21?,22-,23?,24?/m0/s1. The van der Waals surface area contributed by atoms with Gasteiger partial charge in [0.05, 0.1) is 19.3 Å². The van der Waals surface area contributed by atoms with Crippen molar-refractivity contribution in [2.24, 2.45) is 0 Å². The molecule has 0 aromatic carbocycles. The molecular formula is C26H51N3O2. The van der Waals surface area contributed by atoms with E-state index in [2.05, 4.69) is 56.2 Å². The lowest BCUT2D eigenvalue weighted by Crippen LogP contribution is -2.63. The van der Waals surface area contributed by atoms with Crippen LogP contribution in [-0.4, -0.2) is 94.5 Å². The highest BCUT2D eigenvalue weighted by atomic mass is 16.5. The highest BCUT2D eigenvalue weighted by Crippen LogP contribution is 2.36. The fourth-order valence-corrected chi connectivity index (χ4v) is 6.28. The van der Waals surface area contributed by atoms with Crippen LogP contribution in [0, 0.1) is 0 Å². The lowest BCUT2D eigenvalue weighted by molar-refractivity contribution is -0.0857. The Balaban J connectivity index is 1.65. The highest BCUT2D eigenvalue weighted by molar-refractivity contribution is 5.02. The molecule has 3 aliphatic rings. The minimum absolute atomic E-state index is 0.0835. The summed E-state index contributed by atoms with van der Waals surface area (Å²) in [7, 11) is 0. The Bertz CT molecular complexity index is 539. The second-order valence-corrected chi connectivity index (χ2v) is 12.1. The van der Waals surface area contributed by atoms with Gasteiger partial charge < -0.3 is 14.7 Å². The normalized spacial score (nSPS) is 32.0. The number of morpholine rings is 1. The van der Waals surface area contributed by atoms with Gasteiger partial charge in [0.25, 0.3) is 0 Å². The molecule has 3 saturated heterocycles. The summed E-state index contributed by atoms with van der Waals surface area (Å²) >= 11 is 0. The van der Waals surface area contributed by atoms with Crippen LogP contribution in [0.15, 0.2) is 0 Å². The van der Waals surface area contributed by atoms with Gasteiger partial charge in [0.2, 0.25) is 0 Å². The molecule has 3 fully saturated rings. The van der Waals surface area contributed by atoms with Gasteiger partial charge >= 0.3 is 0 Å². The average molecular weight is 438 g/mol. The van der Waals surface area contributed by atoms with E-state index in [-0.39, 0.29) is 17.2 Å². The molecule has 0 radical (unpaired) electrons. The van der Waals surface area contributed by atoms with Crippen LogP contribution in [0.5, 0.6) is 0 Å². The lowest BCUT2D eigenvalue weighted by atomic mass is 9.89. The van der Waals surface area contributed by atoms with Crippen LogP contribution in [0.3, 0.4) is 0 Å². The van der Waals surface area contributed by atoms with Gasteiger partial charge in [0.15, 0.2) is 0 Å². The summed E-state index contributed by atoms with van der Waals surface area (Å²) in [6.45, 7) is 20.1. The summed E-state index contributed by atoms with van der Waals surface area (Å²) in [6.07, 6.45) is 9.99. The molecule has 5 heteroatoms. The van der Waals surface area contributed by atoms with Gasteiger partial charge in [-0.3, -0.25) is 9.80 Å². The lowest BCUT2D eigenvalue weighted by Gasteiger charge is -2.51. The maximum Gasteiger partial charge on any atom is 0.0683 e. The Kier molecular flexibility index (Phi) is 8.87. The monoisotopic (exact) mass is 437 g/mol. The first-order valence-corrected chi connectivity index (χ1v) is 13.1. The van der Waals surface area contributed by atoms with E-state index in [1.807, 2.05) is 0 Å². The Morgan fingerprint density at radius 3 is 2.19 bits per heavy atom. The predicted octanol–water partition coefficient (Wildman–Crippen LogP) is 4.13. The third-order valence-electron chi connectivity index (χ3n) is 8.26. The molecule has 1 N–H and O–H groups in total. The summed E-state index contributed by atoms with van der Waals surface area (Å²) in [5.74, 6) is 0. The molecular weight excluding hydrogens is 386 g/mol. The summed E-state index contributed by atoms with van der Waals surface area (Å²) in [4.78, 5) is 8.00. The summed E-state index contributed by atoms with van der Waals surface area (Å²) in [5.41, 5.74) is 0.206. The summed E-state index contributed by atoms with van der Waals surface area (Å²) in [6, 6.07) is 1.37. The van der Waals surface area contributed by atoms with Crippen LogP contribution >= 0.6 is 0 Å². The van der Waals surface area contributed by atoms with E-state index in [1.165, 1.54) is 58.0 Å². The molecule has 3 rings (SSSR count). The average Bonchev–Trinajstić information content (AvgIpc) is 3.08. The Hall–Kier alpha value is -0.200. The molecule has 5 nitrogen and oxygen atoms in total. The van der Waals surface area contributed by atoms with E-state index in [0.29, 0.717) is 18.1 Å². The number of hydrogen-bond donors (Lipinski definition) is 1. The molecule has 0 spiro atoms. The van der Waals surface area contributed by atoms with Crippen LogP contribution in [0.4, 0.5) is 0 Å². The first-order chi connectivity index (χ1) is 14.6. The van der Waals surface area contributed by atoms with Crippen molar-refractivity contribution in [3.63, 3.8) is 0 Å². The minimum atomic E-state index is -0.222. The van der Waals surface area contributed by atoms with Crippen molar-refractivity contribution < 1.29 is 9.84 Å². The van der Waals surface area contributed by atoms with E-state index in [9.17, 15) is 5.11 Å². The molecule has 3 aliphatic heterocycles. The molecule has 0 amide bonds. The van der Waals surface area contributed by atoms with Gasteiger partial charge in [-0.25, -0.2) is 0 Å². The fourth-order valence-electron chi connectivity index (χ4n) is 6.28. The van der Waals surface area contributed by atoms with Crippen molar-refractivity contribution in [3.8, 4) is 0 Å². The maximum atomic E-state index is 10.7. The summed E-state index contributed by atoms with van der Waals surface area (Å²) in [5, 5.41) is 10.7. The first kappa shape index (κ1) is 25.4. The number of likely N-dealkylation sites (tertiary alicyclic amines) is 2. The van der Waals surface area contributed by atoms with Crippen molar-refractivity contribution in [1.82, 2.24) is 14.7 Å². The van der Waals surface area contributed by atoms with E-state index in [1.54, 1.807) is 0 Å². The molecule has 3 unspecified atom stereocenters. The number of β-amino-alcohol motifs (C(OH)–C–C–N with tert-alkyl or cyclic N) is 1. The van der Waals surface area contributed by atoms with E-state index in [0.717, 1.165) is 32.7 Å². The van der Waals surface area contributed by atoms with Gasteiger partial charge in [0.1, 0.15) is 0 Å². The topological polar surface area (TPSA) is 39.2 Å². The Morgan fingerprint density at radius 2 is 1.55 bits per heavy atom. The van der Waals surface area contributed by atoms with Gasteiger partial charge in [-0.1, -0.05) is 19.3 Å². The maximum absolute atomic E-state index is 10.7. The predicted molar refractivity (Wildman–Crippen MR) is 130 cm³/mol. The fraction of sp³-hybridized carbons (Fsp3) is 1.00. The van der Waals surface area contributed by atoms with Crippen LogP contribution in [-0.2, 0) is 4.74 Å². The largest absolute Gasteiger partial charge is 0.392 e. The first-order valence-electron chi connectivity index (χ1n) is 13.1. The number of aliphatic hydroxyl groups is 1. The Morgan fingerprint density at radius 1 is 0.903 bits per heavy atom.